The number of aryl methyl sites for hydroxylation is 2. The van der Waals surface area contributed by atoms with E-state index in [2.05, 4.69) is 27.3 Å². The van der Waals surface area contributed by atoms with Crippen LogP contribution in [0, 0.1) is 0 Å². The molecule has 29 heavy (non-hydrogen) atoms. The molecule has 8 heteroatoms. The van der Waals surface area contributed by atoms with E-state index < -0.39 is 0 Å². The van der Waals surface area contributed by atoms with E-state index >= 15 is 0 Å². The topological polar surface area (TPSA) is 86.5 Å². The highest BCUT2D eigenvalue weighted by Crippen LogP contribution is 2.28. The molecule has 0 bridgehead atoms. The van der Waals surface area contributed by atoms with E-state index in [4.69, 9.17) is 10.1 Å². The summed E-state index contributed by atoms with van der Waals surface area (Å²) < 4.78 is 4.88. The van der Waals surface area contributed by atoms with Crippen molar-refractivity contribution in [1.82, 2.24) is 4.98 Å². The average Bonchev–Trinajstić information content (AvgIpc) is 3.07. The van der Waals surface area contributed by atoms with Crippen LogP contribution in [0.5, 0.6) is 0 Å². The number of nitrogens with zero attached hydrogens (tertiary/aromatic N) is 1. The number of carbonyl (C=O) groups excluding carboxylic acids is 1. The van der Waals surface area contributed by atoms with Crippen LogP contribution in [0.1, 0.15) is 28.6 Å². The van der Waals surface area contributed by atoms with Gasteiger partial charge in [-0.1, -0.05) is 24.3 Å². The molecule has 0 fully saturated rings. The molecule has 1 heterocycles. The lowest BCUT2D eigenvalue weighted by molar-refractivity contribution is -0.160. The van der Waals surface area contributed by atoms with Crippen LogP contribution in [0.2, 0.25) is 0 Å². The number of benzene rings is 2. The van der Waals surface area contributed by atoms with Gasteiger partial charge in [-0.25, -0.2) is 9.87 Å². The van der Waals surface area contributed by atoms with Crippen LogP contribution >= 0.6 is 23.4 Å². The molecule has 0 saturated heterocycles. The first-order valence-electron chi connectivity index (χ1n) is 9.10. The smallest absolute Gasteiger partial charge is 0.223 e. The number of aromatic nitrogens is 1. The fourth-order valence-corrected chi connectivity index (χ4v) is 4.27. The van der Waals surface area contributed by atoms with E-state index in [0.717, 1.165) is 40.4 Å². The van der Waals surface area contributed by atoms with Crippen molar-refractivity contribution in [3.05, 3.63) is 70.2 Å². The Morgan fingerprint density at radius 1 is 1.10 bits per heavy atom. The van der Waals surface area contributed by atoms with Crippen molar-refractivity contribution in [3.8, 4) is 0 Å². The standard InChI is InChI=1S/C21H23N3O3S2/c1-14(25)23-21-24-19(12-7-15-3-8-17(22)9-4-15)20(28-21)13-16-5-10-18(11-6-16)29-27-26-2/h3-6,8-11H,7,12-13,22H2,1-2H3,(H,23,24,25). The van der Waals surface area contributed by atoms with Crippen molar-refractivity contribution in [2.45, 2.75) is 31.1 Å². The van der Waals surface area contributed by atoms with Gasteiger partial charge in [0.1, 0.15) is 0 Å². The van der Waals surface area contributed by atoms with Gasteiger partial charge in [-0.05, 0) is 48.2 Å². The van der Waals surface area contributed by atoms with E-state index in [0.29, 0.717) is 5.13 Å². The minimum atomic E-state index is -0.116. The van der Waals surface area contributed by atoms with Crippen LogP contribution in [0.25, 0.3) is 0 Å². The second kappa shape index (κ2) is 10.4. The van der Waals surface area contributed by atoms with Gasteiger partial charge in [0.25, 0.3) is 0 Å². The molecule has 0 unspecified atom stereocenters. The molecule has 0 saturated carbocycles. The van der Waals surface area contributed by atoms with Gasteiger partial charge < -0.3 is 11.1 Å². The van der Waals surface area contributed by atoms with E-state index in [1.807, 2.05) is 36.4 Å². The maximum absolute atomic E-state index is 11.4. The average molecular weight is 430 g/mol. The first kappa shape index (κ1) is 21.3. The molecule has 0 radical (unpaired) electrons. The van der Waals surface area contributed by atoms with Crippen molar-refractivity contribution in [3.63, 3.8) is 0 Å². The van der Waals surface area contributed by atoms with Crippen LogP contribution in [0.4, 0.5) is 10.8 Å². The Hall–Kier alpha value is -2.39. The summed E-state index contributed by atoms with van der Waals surface area (Å²) in [5.41, 5.74) is 9.91. The van der Waals surface area contributed by atoms with Gasteiger partial charge in [0.2, 0.25) is 5.91 Å². The van der Waals surface area contributed by atoms with Crippen LogP contribution in [-0.4, -0.2) is 18.0 Å². The van der Waals surface area contributed by atoms with Crippen LogP contribution in [-0.2, 0) is 33.3 Å². The summed E-state index contributed by atoms with van der Waals surface area (Å²) in [6.45, 7) is 1.49. The van der Waals surface area contributed by atoms with Crippen molar-refractivity contribution >= 4 is 40.1 Å². The highest BCUT2D eigenvalue weighted by molar-refractivity contribution is 7.94. The lowest BCUT2D eigenvalue weighted by atomic mass is 10.0. The highest BCUT2D eigenvalue weighted by Gasteiger charge is 2.13. The van der Waals surface area contributed by atoms with E-state index in [9.17, 15) is 4.79 Å². The Morgan fingerprint density at radius 2 is 1.79 bits per heavy atom. The predicted octanol–water partition coefficient (Wildman–Crippen LogP) is 4.64. The summed E-state index contributed by atoms with van der Waals surface area (Å²) in [6.07, 6.45) is 2.41. The fraction of sp³-hybridized carbons (Fsp3) is 0.238. The third kappa shape index (κ3) is 6.57. The van der Waals surface area contributed by atoms with Gasteiger partial charge in [-0.2, -0.15) is 4.33 Å². The fourth-order valence-electron chi connectivity index (χ4n) is 2.79. The van der Waals surface area contributed by atoms with Gasteiger partial charge in [0.15, 0.2) is 5.13 Å². The minimum Gasteiger partial charge on any atom is -0.399 e. The number of hydrogen-bond acceptors (Lipinski definition) is 7. The molecule has 3 aromatic rings. The zero-order valence-electron chi connectivity index (χ0n) is 16.3. The molecule has 6 nitrogen and oxygen atoms in total. The zero-order valence-corrected chi connectivity index (χ0v) is 17.9. The number of anilines is 2. The first-order chi connectivity index (χ1) is 14.0. The number of hydrogen-bond donors (Lipinski definition) is 2. The molecule has 3 rings (SSSR count). The Kier molecular flexibility index (Phi) is 7.65. The minimum absolute atomic E-state index is 0.116. The Bertz CT molecular complexity index is 941. The molecule has 1 amide bonds. The second-order valence-corrected chi connectivity index (χ2v) is 8.31. The zero-order chi connectivity index (χ0) is 20.6. The van der Waals surface area contributed by atoms with E-state index in [-0.39, 0.29) is 5.91 Å². The van der Waals surface area contributed by atoms with Gasteiger partial charge in [0, 0.05) is 28.8 Å². The molecule has 1 aromatic heterocycles. The largest absolute Gasteiger partial charge is 0.399 e. The maximum atomic E-state index is 11.4. The normalized spacial score (nSPS) is 10.8. The van der Waals surface area contributed by atoms with Crippen molar-refractivity contribution in [1.29, 1.82) is 0 Å². The summed E-state index contributed by atoms with van der Waals surface area (Å²) in [7, 11) is 1.48. The maximum Gasteiger partial charge on any atom is 0.223 e. The summed E-state index contributed by atoms with van der Waals surface area (Å²) in [6, 6.07) is 16.0. The van der Waals surface area contributed by atoms with Gasteiger partial charge in [0.05, 0.1) is 24.8 Å². The quantitative estimate of drug-likeness (QED) is 0.223. The molecule has 0 spiro atoms. The molecule has 0 aliphatic heterocycles. The van der Waals surface area contributed by atoms with Gasteiger partial charge >= 0.3 is 0 Å². The van der Waals surface area contributed by atoms with Gasteiger partial charge in [-0.15, -0.1) is 11.3 Å². The van der Waals surface area contributed by atoms with Crippen molar-refractivity contribution in [2.24, 2.45) is 0 Å². The Morgan fingerprint density at radius 3 is 2.45 bits per heavy atom. The number of rotatable bonds is 9. The molecular weight excluding hydrogens is 406 g/mol. The molecule has 2 aromatic carbocycles. The lowest BCUT2D eigenvalue weighted by Crippen LogP contribution is -2.05. The molecule has 0 atom stereocenters. The monoisotopic (exact) mass is 429 g/mol. The van der Waals surface area contributed by atoms with Crippen molar-refractivity contribution < 1.29 is 14.0 Å². The highest BCUT2D eigenvalue weighted by atomic mass is 32.2. The molecule has 3 N–H and O–H groups in total. The predicted molar refractivity (Wildman–Crippen MR) is 118 cm³/mol. The third-order valence-corrected chi connectivity index (χ3v) is 5.86. The first-order valence-corrected chi connectivity index (χ1v) is 10.7. The summed E-state index contributed by atoms with van der Waals surface area (Å²) in [4.78, 5) is 22.8. The Labute approximate surface area is 178 Å². The van der Waals surface area contributed by atoms with Crippen LogP contribution in [0.3, 0.4) is 0 Å². The van der Waals surface area contributed by atoms with Crippen LogP contribution < -0.4 is 11.1 Å². The summed E-state index contributed by atoms with van der Waals surface area (Å²) in [5, 5.41) is 3.45. The third-order valence-electron chi connectivity index (χ3n) is 4.18. The lowest BCUT2D eigenvalue weighted by Gasteiger charge is -2.05. The van der Waals surface area contributed by atoms with E-state index in [1.54, 1.807) is 0 Å². The number of thiazole rings is 1. The summed E-state index contributed by atoms with van der Waals surface area (Å²) >= 11 is 2.69. The van der Waals surface area contributed by atoms with Crippen molar-refractivity contribution in [2.75, 3.05) is 18.2 Å². The number of nitrogen functional groups attached to an aromatic ring is 1. The second-order valence-electron chi connectivity index (χ2n) is 6.45. The van der Waals surface area contributed by atoms with E-state index in [1.165, 1.54) is 48.5 Å². The van der Waals surface area contributed by atoms with Gasteiger partial charge in [-0.3, -0.25) is 4.79 Å². The SMILES string of the molecule is COOSc1ccc(Cc2sc(NC(C)=O)nc2CCc2ccc(N)cc2)cc1. The molecular formula is C21H23N3O3S2. The number of nitrogens with one attached hydrogen (secondary N) is 1. The number of amides is 1. The summed E-state index contributed by atoms with van der Waals surface area (Å²) in [5.74, 6) is -0.116. The molecule has 0 aliphatic rings. The Balaban J connectivity index is 1.73. The van der Waals surface area contributed by atoms with Crippen LogP contribution in [0.15, 0.2) is 53.4 Å². The molecule has 0 aliphatic carbocycles. The number of nitrogens with two attached hydrogens (primary N) is 1. The number of carbonyl (C=O) groups is 1. The molecule has 152 valence electrons.